The van der Waals surface area contributed by atoms with E-state index >= 15 is 0 Å². The Labute approximate surface area is 237 Å². The number of halogens is 1. The fraction of sp³-hybridized carbons (Fsp3) is 0.346. The molecule has 1 aromatic heterocycles. The topological polar surface area (TPSA) is 133 Å². The zero-order chi connectivity index (χ0) is 29.2. The van der Waals surface area contributed by atoms with Crippen LogP contribution in [0.25, 0.3) is 0 Å². The molecule has 2 N–H and O–H groups in total. The molecule has 40 heavy (non-hydrogen) atoms. The van der Waals surface area contributed by atoms with Crippen molar-refractivity contribution < 1.29 is 35.9 Å². The maximum atomic E-state index is 13.6. The number of carbonyl (C=O) groups excluding carboxylic acids is 1. The normalized spacial score (nSPS) is 18.9. The molecule has 0 saturated carbocycles. The van der Waals surface area contributed by atoms with Gasteiger partial charge < -0.3 is 14.7 Å². The third-order valence-electron chi connectivity index (χ3n) is 6.64. The van der Waals surface area contributed by atoms with Crippen LogP contribution in [0.3, 0.4) is 0 Å². The first-order chi connectivity index (χ1) is 18.8. The van der Waals surface area contributed by atoms with E-state index in [1.165, 1.54) is 40.5 Å². The maximum Gasteiger partial charge on any atom is 0.261 e. The van der Waals surface area contributed by atoms with Crippen molar-refractivity contribution in [1.29, 1.82) is 0 Å². The van der Waals surface area contributed by atoms with Gasteiger partial charge in [0.15, 0.2) is 0 Å². The van der Waals surface area contributed by atoms with Gasteiger partial charge in [-0.2, -0.15) is 4.31 Å². The minimum atomic E-state index is -4.09. The first kappa shape index (κ1) is 29.9. The number of carbonyl (C=O) groups is 1. The van der Waals surface area contributed by atoms with E-state index in [-0.39, 0.29) is 51.7 Å². The number of ether oxygens (including phenoxy) is 1. The van der Waals surface area contributed by atoms with Crippen LogP contribution in [0.1, 0.15) is 24.2 Å². The summed E-state index contributed by atoms with van der Waals surface area (Å²) in [6.07, 6.45) is -0.679. The molecule has 1 aliphatic rings. The molecular weight excluding hydrogens is 581 g/mol. The molecule has 0 aliphatic carbocycles. The average Bonchev–Trinajstić information content (AvgIpc) is 3.47. The van der Waals surface area contributed by atoms with Gasteiger partial charge in [0.25, 0.3) is 26.0 Å². The van der Waals surface area contributed by atoms with Crippen molar-refractivity contribution in [2.45, 2.75) is 35.1 Å². The van der Waals surface area contributed by atoms with Crippen LogP contribution in [0.15, 0.2) is 69.1 Å². The Kier molecular flexibility index (Phi) is 8.85. The molecule has 0 bridgehead atoms. The summed E-state index contributed by atoms with van der Waals surface area (Å²) in [7, 11) is -6.40. The highest BCUT2D eigenvalue weighted by molar-refractivity contribution is 7.92. The van der Waals surface area contributed by atoms with Crippen LogP contribution in [0.4, 0.5) is 10.1 Å². The number of aliphatic hydroxyl groups is 1. The average molecular weight is 612 g/mol. The Morgan fingerprint density at radius 2 is 1.88 bits per heavy atom. The van der Waals surface area contributed by atoms with Gasteiger partial charge in [0.05, 0.1) is 29.7 Å². The summed E-state index contributed by atoms with van der Waals surface area (Å²) in [6.45, 7) is 3.33. The van der Waals surface area contributed by atoms with Crippen molar-refractivity contribution in [1.82, 2.24) is 9.21 Å². The number of amides is 1. The Bertz CT molecular complexity index is 1560. The first-order valence-corrected chi connectivity index (χ1v) is 16.1. The van der Waals surface area contributed by atoms with Crippen molar-refractivity contribution in [2.75, 3.05) is 31.5 Å². The summed E-state index contributed by atoms with van der Waals surface area (Å²) < 4.78 is 75.1. The predicted molar refractivity (Wildman–Crippen MR) is 149 cm³/mol. The number of hydrogen-bond donors (Lipinski definition) is 2. The number of sulfonamides is 2. The molecule has 2 aromatic carbocycles. The second kappa shape index (κ2) is 11.8. The molecule has 4 rings (SSSR count). The Morgan fingerprint density at radius 3 is 2.50 bits per heavy atom. The summed E-state index contributed by atoms with van der Waals surface area (Å²) >= 11 is 1.10. The van der Waals surface area contributed by atoms with Gasteiger partial charge in [0.2, 0.25) is 0 Å². The molecule has 1 amide bonds. The number of nitrogens with one attached hydrogen (secondary N) is 1. The van der Waals surface area contributed by atoms with Crippen LogP contribution in [0, 0.1) is 11.7 Å². The number of anilines is 1. The van der Waals surface area contributed by atoms with E-state index in [0.717, 1.165) is 35.6 Å². The van der Waals surface area contributed by atoms with Gasteiger partial charge >= 0.3 is 0 Å². The van der Waals surface area contributed by atoms with E-state index in [1.807, 2.05) is 6.92 Å². The molecule has 14 heteroatoms. The Hall–Kier alpha value is -3.04. The van der Waals surface area contributed by atoms with Crippen molar-refractivity contribution in [3.63, 3.8) is 0 Å². The molecule has 0 fully saturated rings. The zero-order valence-corrected chi connectivity index (χ0v) is 24.5. The van der Waals surface area contributed by atoms with Gasteiger partial charge in [0.1, 0.15) is 21.9 Å². The standard InChI is InChI=1S/C26H30FN3O7S3/c1-17-14-30(18(2)16-31)26(32)22-13-20(28-39(33,34)21-9-6-19(27)7-10-21)8-11-23(22)37-24(17)15-29(3)40(35,36)25-5-4-12-38-25/h4-13,17-18,24,28,31H,14-16H2,1-3H3/t17-,18-,24+/m0/s1. The molecule has 3 aromatic rings. The molecule has 0 saturated heterocycles. The van der Waals surface area contributed by atoms with E-state index in [0.29, 0.717) is 0 Å². The summed E-state index contributed by atoms with van der Waals surface area (Å²) in [5.41, 5.74) is 0.111. The van der Waals surface area contributed by atoms with Gasteiger partial charge in [-0.05, 0) is 60.8 Å². The summed E-state index contributed by atoms with van der Waals surface area (Å²) in [5, 5.41) is 11.5. The van der Waals surface area contributed by atoms with Crippen molar-refractivity contribution in [2.24, 2.45) is 5.92 Å². The lowest BCUT2D eigenvalue weighted by Crippen LogP contribution is -2.50. The number of likely N-dealkylation sites (N-methyl/N-ethyl adjacent to an activating group) is 1. The minimum absolute atomic E-state index is 0.0185. The number of aliphatic hydroxyl groups excluding tert-OH is 1. The van der Waals surface area contributed by atoms with Crippen LogP contribution >= 0.6 is 11.3 Å². The second-order valence-electron chi connectivity index (χ2n) is 9.61. The third kappa shape index (κ3) is 6.31. The molecule has 10 nitrogen and oxygen atoms in total. The molecule has 0 radical (unpaired) electrons. The van der Waals surface area contributed by atoms with E-state index in [1.54, 1.807) is 18.4 Å². The summed E-state index contributed by atoms with van der Waals surface area (Å²) in [5.74, 6) is -1.25. The first-order valence-electron chi connectivity index (χ1n) is 12.3. The molecule has 0 unspecified atom stereocenters. The van der Waals surface area contributed by atoms with Crippen molar-refractivity contribution in [3.8, 4) is 5.75 Å². The molecule has 1 aliphatic heterocycles. The van der Waals surface area contributed by atoms with E-state index < -0.39 is 43.9 Å². The molecule has 2 heterocycles. The van der Waals surface area contributed by atoms with Crippen molar-refractivity contribution in [3.05, 3.63) is 71.4 Å². The predicted octanol–water partition coefficient (Wildman–Crippen LogP) is 3.23. The lowest BCUT2D eigenvalue weighted by molar-refractivity contribution is 0.0387. The van der Waals surface area contributed by atoms with E-state index in [2.05, 4.69) is 4.72 Å². The largest absolute Gasteiger partial charge is 0.488 e. The summed E-state index contributed by atoms with van der Waals surface area (Å²) in [4.78, 5) is 14.9. The Balaban J connectivity index is 1.68. The highest BCUT2D eigenvalue weighted by atomic mass is 32.2. The zero-order valence-electron chi connectivity index (χ0n) is 22.0. The van der Waals surface area contributed by atoms with Gasteiger partial charge in [0, 0.05) is 25.2 Å². The Morgan fingerprint density at radius 1 is 1.18 bits per heavy atom. The lowest BCUT2D eigenvalue weighted by Gasteiger charge is -2.38. The lowest BCUT2D eigenvalue weighted by atomic mass is 9.99. The smallest absolute Gasteiger partial charge is 0.261 e. The third-order valence-corrected chi connectivity index (χ3v) is 11.2. The number of rotatable bonds is 9. The minimum Gasteiger partial charge on any atom is -0.488 e. The van der Waals surface area contributed by atoms with Gasteiger partial charge in [-0.15, -0.1) is 11.3 Å². The van der Waals surface area contributed by atoms with Gasteiger partial charge in [-0.25, -0.2) is 21.2 Å². The van der Waals surface area contributed by atoms with E-state index in [9.17, 15) is 31.1 Å². The van der Waals surface area contributed by atoms with Crippen LogP contribution in [0.5, 0.6) is 5.75 Å². The second-order valence-corrected chi connectivity index (χ2v) is 14.5. The van der Waals surface area contributed by atoms with Crippen LogP contribution < -0.4 is 9.46 Å². The number of hydrogen-bond acceptors (Lipinski definition) is 8. The van der Waals surface area contributed by atoms with Crippen LogP contribution in [0.2, 0.25) is 0 Å². The number of benzene rings is 2. The molecular formula is C26H30FN3O7S3. The van der Waals surface area contributed by atoms with Gasteiger partial charge in [-0.3, -0.25) is 9.52 Å². The molecule has 3 atom stereocenters. The quantitative estimate of drug-likeness (QED) is 0.380. The summed E-state index contributed by atoms with van der Waals surface area (Å²) in [6, 6.07) is 11.1. The fourth-order valence-corrected chi connectivity index (χ4v) is 7.68. The highest BCUT2D eigenvalue weighted by Crippen LogP contribution is 2.32. The number of fused-ring (bicyclic) bond motifs is 1. The number of thiophene rings is 1. The highest BCUT2D eigenvalue weighted by Gasteiger charge is 2.35. The molecule has 216 valence electrons. The molecule has 0 spiro atoms. The number of nitrogens with zero attached hydrogens (tertiary/aromatic N) is 2. The van der Waals surface area contributed by atoms with Crippen molar-refractivity contribution >= 4 is 43.0 Å². The van der Waals surface area contributed by atoms with Crippen LogP contribution in [-0.4, -0.2) is 75.9 Å². The van der Waals surface area contributed by atoms with Gasteiger partial charge in [-0.1, -0.05) is 13.0 Å². The monoisotopic (exact) mass is 611 g/mol. The van der Waals surface area contributed by atoms with Crippen LogP contribution in [-0.2, 0) is 20.0 Å². The maximum absolute atomic E-state index is 13.6. The SMILES string of the molecule is C[C@H]1CN([C@@H](C)CO)C(=O)c2cc(NS(=O)(=O)c3ccc(F)cc3)ccc2O[C@@H]1CN(C)S(=O)(=O)c1cccs1. The fourth-order valence-electron chi connectivity index (χ4n) is 4.25. The van der Waals surface area contributed by atoms with E-state index in [4.69, 9.17) is 4.74 Å².